The van der Waals surface area contributed by atoms with Gasteiger partial charge in [-0.2, -0.15) is 0 Å². The molecule has 1 heterocycles. The van der Waals surface area contributed by atoms with Crippen LogP contribution in [-0.4, -0.2) is 37.9 Å². The van der Waals surface area contributed by atoms with Crippen molar-refractivity contribution in [1.29, 1.82) is 0 Å². The number of esters is 2. The van der Waals surface area contributed by atoms with E-state index in [4.69, 9.17) is 14.2 Å². The molecule has 0 aromatic heterocycles. The molecule has 0 aromatic carbocycles. The molecule has 1 atom stereocenters. The van der Waals surface area contributed by atoms with E-state index in [9.17, 15) is 9.59 Å². The van der Waals surface area contributed by atoms with Gasteiger partial charge in [-0.15, -0.1) is 0 Å². The highest BCUT2D eigenvalue weighted by Crippen LogP contribution is 2.30. The molecule has 26 heavy (non-hydrogen) atoms. The molecule has 152 valence electrons. The Morgan fingerprint density at radius 2 is 1.54 bits per heavy atom. The Morgan fingerprint density at radius 3 is 2.12 bits per heavy atom. The van der Waals surface area contributed by atoms with Crippen molar-refractivity contribution in [3.63, 3.8) is 0 Å². The highest BCUT2D eigenvalue weighted by molar-refractivity contribution is 6.00. The molecule has 0 bridgehead atoms. The molecule has 0 N–H and O–H groups in total. The van der Waals surface area contributed by atoms with E-state index in [0.717, 1.165) is 32.3 Å². The van der Waals surface area contributed by atoms with Gasteiger partial charge >= 0.3 is 11.9 Å². The van der Waals surface area contributed by atoms with Crippen LogP contribution in [0.5, 0.6) is 0 Å². The molecule has 1 aliphatic rings. The molecular weight excluding hydrogens is 332 g/mol. The molecule has 0 aromatic rings. The van der Waals surface area contributed by atoms with Gasteiger partial charge in [0.05, 0.1) is 12.7 Å². The van der Waals surface area contributed by atoms with Gasteiger partial charge in [0, 0.05) is 6.61 Å². The standard InChI is InChI=1S/C21H38O5/c1-4-7-8-9-10-11-12-15-25-19(22)21(5-2,6-3)20(23)26-17-18-14-13-16-24-18/h18H,4-17H2,1-3H3. The Hall–Kier alpha value is -1.10. The molecule has 0 saturated carbocycles. The van der Waals surface area contributed by atoms with Crippen LogP contribution in [0.15, 0.2) is 0 Å². The van der Waals surface area contributed by atoms with Gasteiger partial charge in [0.25, 0.3) is 0 Å². The lowest BCUT2D eigenvalue weighted by molar-refractivity contribution is -0.175. The van der Waals surface area contributed by atoms with Crippen molar-refractivity contribution in [1.82, 2.24) is 0 Å². The Morgan fingerprint density at radius 1 is 0.923 bits per heavy atom. The maximum atomic E-state index is 12.6. The van der Waals surface area contributed by atoms with Crippen molar-refractivity contribution >= 4 is 11.9 Å². The van der Waals surface area contributed by atoms with Crippen molar-refractivity contribution in [2.75, 3.05) is 19.8 Å². The third kappa shape index (κ3) is 7.26. The van der Waals surface area contributed by atoms with Crippen LogP contribution in [0.25, 0.3) is 0 Å². The summed E-state index contributed by atoms with van der Waals surface area (Å²) in [7, 11) is 0. The van der Waals surface area contributed by atoms with Crippen molar-refractivity contribution < 1.29 is 23.8 Å². The van der Waals surface area contributed by atoms with E-state index in [-0.39, 0.29) is 12.7 Å². The second-order valence-electron chi connectivity index (χ2n) is 7.28. The van der Waals surface area contributed by atoms with Gasteiger partial charge in [0.1, 0.15) is 6.61 Å². The van der Waals surface area contributed by atoms with Gasteiger partial charge < -0.3 is 14.2 Å². The minimum Gasteiger partial charge on any atom is -0.465 e. The number of ether oxygens (including phenoxy) is 3. The van der Waals surface area contributed by atoms with Gasteiger partial charge in [-0.3, -0.25) is 9.59 Å². The van der Waals surface area contributed by atoms with E-state index in [1.165, 1.54) is 32.1 Å². The first-order chi connectivity index (χ1) is 12.6. The van der Waals surface area contributed by atoms with Gasteiger partial charge in [0.15, 0.2) is 5.41 Å². The topological polar surface area (TPSA) is 61.8 Å². The zero-order chi connectivity index (χ0) is 19.3. The minimum absolute atomic E-state index is 0.0332. The van der Waals surface area contributed by atoms with Gasteiger partial charge in [-0.25, -0.2) is 0 Å². The highest BCUT2D eigenvalue weighted by atomic mass is 16.6. The maximum absolute atomic E-state index is 12.6. The zero-order valence-electron chi connectivity index (χ0n) is 17.0. The molecule has 1 saturated heterocycles. The number of rotatable bonds is 14. The Kier molecular flexibility index (Phi) is 11.6. The van der Waals surface area contributed by atoms with Crippen LogP contribution >= 0.6 is 0 Å². The molecule has 0 radical (unpaired) electrons. The smallest absolute Gasteiger partial charge is 0.323 e. The molecule has 0 amide bonds. The number of carbonyl (C=O) groups excluding carboxylic acids is 2. The van der Waals surface area contributed by atoms with E-state index >= 15 is 0 Å². The summed E-state index contributed by atoms with van der Waals surface area (Å²) in [5.41, 5.74) is -1.18. The summed E-state index contributed by atoms with van der Waals surface area (Å²) in [6.45, 7) is 7.21. The number of carbonyl (C=O) groups is 2. The summed E-state index contributed by atoms with van der Waals surface area (Å²) in [5.74, 6) is -0.909. The molecule has 5 nitrogen and oxygen atoms in total. The average molecular weight is 371 g/mol. The molecule has 1 fully saturated rings. The van der Waals surface area contributed by atoms with Crippen LogP contribution in [-0.2, 0) is 23.8 Å². The first-order valence-corrected chi connectivity index (χ1v) is 10.6. The number of hydrogen-bond acceptors (Lipinski definition) is 5. The molecule has 1 rings (SSSR count). The van der Waals surface area contributed by atoms with E-state index in [1.807, 2.05) is 13.8 Å². The second-order valence-corrected chi connectivity index (χ2v) is 7.28. The third-order valence-electron chi connectivity index (χ3n) is 5.39. The lowest BCUT2D eigenvalue weighted by Crippen LogP contribution is -2.42. The van der Waals surface area contributed by atoms with E-state index in [1.54, 1.807) is 0 Å². The Labute approximate surface area is 159 Å². The highest BCUT2D eigenvalue weighted by Gasteiger charge is 2.46. The third-order valence-corrected chi connectivity index (χ3v) is 5.39. The van der Waals surface area contributed by atoms with Crippen LogP contribution < -0.4 is 0 Å². The quantitative estimate of drug-likeness (QED) is 0.249. The molecule has 0 spiro atoms. The van der Waals surface area contributed by atoms with Gasteiger partial charge in [-0.05, 0) is 32.1 Å². The zero-order valence-corrected chi connectivity index (χ0v) is 17.0. The summed E-state index contributed by atoms with van der Waals surface area (Å²) in [6.07, 6.45) is 10.8. The van der Waals surface area contributed by atoms with Crippen LogP contribution in [0.2, 0.25) is 0 Å². The molecule has 5 heteroatoms. The summed E-state index contributed by atoms with van der Waals surface area (Å²) in [5, 5.41) is 0. The summed E-state index contributed by atoms with van der Waals surface area (Å²) >= 11 is 0. The monoisotopic (exact) mass is 370 g/mol. The van der Waals surface area contributed by atoms with Gasteiger partial charge in [0.2, 0.25) is 0 Å². The number of hydrogen-bond donors (Lipinski definition) is 0. The molecule has 0 aliphatic carbocycles. The van der Waals surface area contributed by atoms with E-state index in [2.05, 4.69) is 6.92 Å². The van der Waals surface area contributed by atoms with Crippen molar-refractivity contribution in [3.05, 3.63) is 0 Å². The van der Waals surface area contributed by atoms with E-state index < -0.39 is 17.4 Å². The largest absolute Gasteiger partial charge is 0.465 e. The Balaban J connectivity index is 2.35. The predicted molar refractivity (Wildman–Crippen MR) is 102 cm³/mol. The lowest BCUT2D eigenvalue weighted by Gasteiger charge is -2.27. The molecule has 1 unspecified atom stereocenters. The average Bonchev–Trinajstić information content (AvgIpc) is 3.17. The normalized spacial score (nSPS) is 17.3. The summed E-state index contributed by atoms with van der Waals surface area (Å²) < 4.78 is 16.3. The van der Waals surface area contributed by atoms with Crippen LogP contribution in [0, 0.1) is 5.41 Å². The van der Waals surface area contributed by atoms with Crippen molar-refractivity contribution in [2.45, 2.75) is 97.5 Å². The first kappa shape index (κ1) is 22.9. The van der Waals surface area contributed by atoms with Crippen LogP contribution in [0.4, 0.5) is 0 Å². The minimum atomic E-state index is -1.18. The van der Waals surface area contributed by atoms with E-state index in [0.29, 0.717) is 19.4 Å². The molecular formula is C21H38O5. The fraction of sp³-hybridized carbons (Fsp3) is 0.905. The number of unbranched alkanes of at least 4 members (excludes halogenated alkanes) is 6. The fourth-order valence-corrected chi connectivity index (χ4v) is 3.36. The summed E-state index contributed by atoms with van der Waals surface area (Å²) in [6, 6.07) is 0. The summed E-state index contributed by atoms with van der Waals surface area (Å²) in [4.78, 5) is 25.2. The van der Waals surface area contributed by atoms with Crippen molar-refractivity contribution in [3.8, 4) is 0 Å². The SMILES string of the molecule is CCCCCCCCCOC(=O)C(CC)(CC)C(=O)OCC1CCCO1. The van der Waals surface area contributed by atoms with Crippen LogP contribution in [0.3, 0.4) is 0 Å². The molecule has 1 aliphatic heterocycles. The van der Waals surface area contributed by atoms with Crippen molar-refractivity contribution in [2.24, 2.45) is 5.41 Å². The van der Waals surface area contributed by atoms with Gasteiger partial charge in [-0.1, -0.05) is 59.3 Å². The Bertz CT molecular complexity index is 397. The fourth-order valence-electron chi connectivity index (χ4n) is 3.36. The van der Waals surface area contributed by atoms with Crippen LogP contribution in [0.1, 0.15) is 91.4 Å². The second kappa shape index (κ2) is 13.1. The lowest BCUT2D eigenvalue weighted by atomic mass is 9.82. The first-order valence-electron chi connectivity index (χ1n) is 10.6. The maximum Gasteiger partial charge on any atom is 0.323 e. The predicted octanol–water partition coefficient (Wildman–Crippen LogP) is 4.81.